The van der Waals surface area contributed by atoms with Gasteiger partial charge in [0.15, 0.2) is 5.88 Å². The van der Waals surface area contributed by atoms with E-state index in [1.54, 1.807) is 18.2 Å². The van der Waals surface area contributed by atoms with Gasteiger partial charge in [0.2, 0.25) is 5.76 Å². The van der Waals surface area contributed by atoms with Crippen molar-refractivity contribution in [2.24, 2.45) is 0 Å². The second kappa shape index (κ2) is 4.40. The molecule has 2 aromatic rings. The minimum atomic E-state index is -0.574. The van der Waals surface area contributed by atoms with Crippen LogP contribution in [-0.2, 0) is 0 Å². The van der Waals surface area contributed by atoms with Crippen molar-refractivity contribution in [2.45, 2.75) is 0 Å². The molecule has 1 aromatic heterocycles. The molecule has 1 aromatic carbocycles. The van der Waals surface area contributed by atoms with Gasteiger partial charge in [-0.25, -0.2) is 4.79 Å². The van der Waals surface area contributed by atoms with Crippen molar-refractivity contribution in [3.05, 3.63) is 46.6 Å². The van der Waals surface area contributed by atoms with Gasteiger partial charge in [-0.15, -0.1) is 0 Å². The first kappa shape index (κ1) is 10.8. The zero-order valence-electron chi connectivity index (χ0n) is 8.14. The van der Waals surface area contributed by atoms with E-state index in [0.29, 0.717) is 5.75 Å². The van der Waals surface area contributed by atoms with Crippen LogP contribution in [0.5, 0.6) is 5.75 Å². The van der Waals surface area contributed by atoms with Crippen molar-refractivity contribution in [1.29, 1.82) is 0 Å². The smallest absolute Gasteiger partial charge is 0.379 e. The van der Waals surface area contributed by atoms with Crippen LogP contribution in [0.3, 0.4) is 0 Å². The zero-order chi connectivity index (χ0) is 11.5. The number of esters is 1. The molecule has 0 radical (unpaired) electrons. The molecule has 0 saturated heterocycles. The third kappa shape index (κ3) is 2.43. The molecule has 16 heavy (non-hydrogen) atoms. The molecule has 0 aliphatic carbocycles. The molecule has 0 aliphatic heterocycles. The fraction of sp³-hybridized carbons (Fsp3) is 0. The van der Waals surface area contributed by atoms with Gasteiger partial charge in [0.25, 0.3) is 0 Å². The van der Waals surface area contributed by atoms with Crippen LogP contribution in [0.25, 0.3) is 0 Å². The van der Waals surface area contributed by atoms with Gasteiger partial charge in [0.05, 0.1) is 0 Å². The summed E-state index contributed by atoms with van der Waals surface area (Å²) in [4.78, 5) is 11.6. The Bertz CT molecular complexity index is 521. The number of furan rings is 1. The van der Waals surface area contributed by atoms with E-state index >= 15 is 0 Å². The van der Waals surface area contributed by atoms with Gasteiger partial charge in [0, 0.05) is 10.5 Å². The monoisotopic (exact) mass is 281 g/mol. The number of rotatable bonds is 2. The second-order valence-electron chi connectivity index (χ2n) is 3.05. The Balaban J connectivity index is 2.13. The van der Waals surface area contributed by atoms with Crippen molar-refractivity contribution in [3.63, 3.8) is 0 Å². The van der Waals surface area contributed by atoms with Gasteiger partial charge in [-0.05, 0) is 24.3 Å². The summed E-state index contributed by atoms with van der Waals surface area (Å²) in [5.74, 6) is 0.128. The maximum absolute atomic E-state index is 11.6. The van der Waals surface area contributed by atoms with Crippen molar-refractivity contribution in [3.8, 4) is 5.75 Å². The summed E-state index contributed by atoms with van der Waals surface area (Å²) >= 11 is 3.28. The highest BCUT2D eigenvalue weighted by Crippen LogP contribution is 2.19. The second-order valence-corrected chi connectivity index (χ2v) is 3.96. The minimum absolute atomic E-state index is 0.0810. The Morgan fingerprint density at radius 1 is 1.31 bits per heavy atom. The van der Waals surface area contributed by atoms with Crippen LogP contribution in [0.4, 0.5) is 5.88 Å². The number of nitrogen functional groups attached to an aromatic ring is 1. The number of carbonyl (C=O) groups excluding carboxylic acids is 1. The molecule has 2 N–H and O–H groups in total. The van der Waals surface area contributed by atoms with Crippen LogP contribution in [0.15, 0.2) is 45.3 Å². The van der Waals surface area contributed by atoms with Crippen molar-refractivity contribution in [1.82, 2.24) is 0 Å². The van der Waals surface area contributed by atoms with E-state index in [1.165, 1.54) is 12.1 Å². The third-order valence-corrected chi connectivity index (χ3v) is 2.33. The number of nitrogens with two attached hydrogens (primary N) is 1. The summed E-state index contributed by atoms with van der Waals surface area (Å²) in [5.41, 5.74) is 5.35. The zero-order valence-corrected chi connectivity index (χ0v) is 9.73. The average molecular weight is 282 g/mol. The van der Waals surface area contributed by atoms with E-state index in [-0.39, 0.29) is 11.6 Å². The van der Waals surface area contributed by atoms with E-state index in [0.717, 1.165) is 4.47 Å². The molecule has 0 spiro atoms. The largest absolute Gasteiger partial charge is 0.434 e. The number of carbonyl (C=O) groups is 1. The molecule has 0 bridgehead atoms. The van der Waals surface area contributed by atoms with E-state index in [4.69, 9.17) is 14.9 Å². The molecular weight excluding hydrogens is 274 g/mol. The highest BCUT2D eigenvalue weighted by atomic mass is 79.9. The number of hydrogen-bond donors (Lipinski definition) is 1. The van der Waals surface area contributed by atoms with Crippen LogP contribution in [-0.4, -0.2) is 5.97 Å². The number of anilines is 1. The molecule has 0 atom stereocenters. The van der Waals surface area contributed by atoms with Crippen LogP contribution >= 0.6 is 15.9 Å². The summed E-state index contributed by atoms with van der Waals surface area (Å²) in [6, 6.07) is 9.93. The Hall–Kier alpha value is -1.75. The third-order valence-electron chi connectivity index (χ3n) is 1.83. The molecule has 1 heterocycles. The molecule has 4 nitrogen and oxygen atoms in total. The Morgan fingerprint density at radius 3 is 2.75 bits per heavy atom. The van der Waals surface area contributed by atoms with E-state index in [9.17, 15) is 4.79 Å². The lowest BCUT2D eigenvalue weighted by atomic mass is 10.3. The van der Waals surface area contributed by atoms with Crippen molar-refractivity contribution >= 4 is 27.8 Å². The molecular formula is C11H8BrNO3. The molecule has 0 saturated carbocycles. The van der Waals surface area contributed by atoms with Crippen LogP contribution in [0.2, 0.25) is 0 Å². The number of halogens is 1. The summed E-state index contributed by atoms with van der Waals surface area (Å²) < 4.78 is 10.8. The van der Waals surface area contributed by atoms with Gasteiger partial charge in [0.1, 0.15) is 5.75 Å². The summed E-state index contributed by atoms with van der Waals surface area (Å²) in [6.45, 7) is 0. The summed E-state index contributed by atoms with van der Waals surface area (Å²) in [5, 5.41) is 0. The predicted octanol–water partition coefficient (Wildman–Crippen LogP) is 2.84. The van der Waals surface area contributed by atoms with Crippen LogP contribution in [0, 0.1) is 0 Å². The van der Waals surface area contributed by atoms with Gasteiger partial charge in [-0.3, -0.25) is 0 Å². The van der Waals surface area contributed by atoms with Crippen LogP contribution in [0.1, 0.15) is 10.6 Å². The fourth-order valence-corrected chi connectivity index (χ4v) is 1.53. The highest BCUT2D eigenvalue weighted by Gasteiger charge is 2.12. The van der Waals surface area contributed by atoms with Crippen LogP contribution < -0.4 is 10.5 Å². The van der Waals surface area contributed by atoms with Gasteiger partial charge < -0.3 is 14.9 Å². The average Bonchev–Trinajstić information content (AvgIpc) is 2.65. The van der Waals surface area contributed by atoms with E-state index < -0.39 is 5.97 Å². The topological polar surface area (TPSA) is 65.5 Å². The first-order valence-corrected chi connectivity index (χ1v) is 5.27. The maximum Gasteiger partial charge on any atom is 0.379 e. The maximum atomic E-state index is 11.6. The lowest BCUT2D eigenvalue weighted by Gasteiger charge is -2.01. The molecule has 82 valence electrons. The van der Waals surface area contributed by atoms with Gasteiger partial charge in [-0.2, -0.15) is 0 Å². The summed E-state index contributed by atoms with van der Waals surface area (Å²) in [6.07, 6.45) is 0. The number of ether oxygens (including phenoxy) is 1. The van der Waals surface area contributed by atoms with Crippen molar-refractivity contribution < 1.29 is 13.9 Å². The quantitative estimate of drug-likeness (QED) is 0.679. The van der Waals surface area contributed by atoms with Gasteiger partial charge >= 0.3 is 5.97 Å². The molecule has 5 heteroatoms. The normalized spacial score (nSPS) is 10.1. The standard InChI is InChI=1S/C11H8BrNO3/c12-7-2-1-3-8(6-7)15-11(14)9-4-5-10(13)16-9/h1-6H,13H2. The molecule has 0 amide bonds. The van der Waals surface area contributed by atoms with Crippen molar-refractivity contribution in [2.75, 3.05) is 5.73 Å². The number of benzene rings is 1. The SMILES string of the molecule is Nc1ccc(C(=O)Oc2cccc(Br)c2)o1. The highest BCUT2D eigenvalue weighted by molar-refractivity contribution is 9.10. The van der Waals surface area contributed by atoms with E-state index in [1.807, 2.05) is 6.07 Å². The Labute approximate surface area is 100 Å². The molecule has 2 rings (SSSR count). The van der Waals surface area contributed by atoms with Gasteiger partial charge in [-0.1, -0.05) is 22.0 Å². The summed E-state index contributed by atoms with van der Waals surface area (Å²) in [7, 11) is 0. The first-order valence-electron chi connectivity index (χ1n) is 4.48. The molecule has 0 unspecified atom stereocenters. The Morgan fingerprint density at radius 2 is 2.12 bits per heavy atom. The minimum Gasteiger partial charge on any atom is -0.434 e. The van der Waals surface area contributed by atoms with E-state index in [2.05, 4.69) is 15.9 Å². The fourth-order valence-electron chi connectivity index (χ4n) is 1.15. The number of hydrogen-bond acceptors (Lipinski definition) is 4. The molecule has 0 fully saturated rings. The lowest BCUT2D eigenvalue weighted by Crippen LogP contribution is -2.07. The molecule has 0 aliphatic rings. The first-order chi connectivity index (χ1) is 7.65. The predicted molar refractivity (Wildman–Crippen MR) is 62.2 cm³/mol. The Kier molecular flexibility index (Phi) is 2.96. The lowest BCUT2D eigenvalue weighted by molar-refractivity contribution is 0.0702.